The number of rotatable bonds is 8. The van der Waals surface area contributed by atoms with Gasteiger partial charge in [-0.15, -0.1) is 0 Å². The number of ether oxygens (including phenoxy) is 1. The first-order valence-corrected chi connectivity index (χ1v) is 10.7. The van der Waals surface area contributed by atoms with Crippen LogP contribution in [0.2, 0.25) is 5.02 Å². The van der Waals surface area contributed by atoms with E-state index in [0.29, 0.717) is 52.5 Å². The zero-order valence-corrected chi connectivity index (χ0v) is 18.6. The maximum absolute atomic E-state index is 12.7. The lowest BCUT2D eigenvalue weighted by molar-refractivity contribution is -0.116. The highest BCUT2D eigenvalue weighted by molar-refractivity contribution is 6.31. The van der Waals surface area contributed by atoms with Gasteiger partial charge in [0.15, 0.2) is 0 Å². The zero-order valence-electron chi connectivity index (χ0n) is 17.9. The van der Waals surface area contributed by atoms with E-state index in [0.717, 1.165) is 0 Å². The predicted molar refractivity (Wildman–Crippen MR) is 123 cm³/mol. The number of carbonyl (C=O) groups is 1. The average molecular weight is 455 g/mol. The molecule has 0 saturated heterocycles. The Morgan fingerprint density at radius 3 is 2.53 bits per heavy atom. The molecule has 0 spiro atoms. The lowest BCUT2D eigenvalue weighted by Crippen LogP contribution is -2.39. The standard InChI is InChI=1S/C23H23ClN4O4/c1-3-27-20-10-8-16(12-18(20)22(30)28(4-2)23(27)31)26-21(29)6-5-11-32-17-9-7-15(14-25)19(24)13-17/h7-10,12-13H,3-6,11H2,1-2H3,(H,26,29). The number of aryl methyl sites for hydroxylation is 1. The van der Waals surface area contributed by atoms with Crippen molar-refractivity contribution in [1.29, 1.82) is 5.26 Å². The second-order valence-corrected chi connectivity index (χ2v) is 7.47. The SMILES string of the molecule is CCn1c(=O)c2cc(NC(=O)CCCOc3ccc(C#N)c(Cl)c3)ccc2n(CC)c1=O. The summed E-state index contributed by atoms with van der Waals surface area (Å²) in [5.74, 6) is 0.309. The van der Waals surface area contributed by atoms with Gasteiger partial charge in [-0.1, -0.05) is 11.6 Å². The molecule has 8 nitrogen and oxygen atoms in total. The summed E-state index contributed by atoms with van der Waals surface area (Å²) in [4.78, 5) is 37.5. The Kier molecular flexibility index (Phi) is 7.33. The fraction of sp³-hybridized carbons (Fsp3) is 0.304. The zero-order chi connectivity index (χ0) is 23.3. The van der Waals surface area contributed by atoms with Crippen molar-refractivity contribution in [2.24, 2.45) is 0 Å². The monoisotopic (exact) mass is 454 g/mol. The van der Waals surface area contributed by atoms with Crippen LogP contribution in [-0.2, 0) is 17.9 Å². The third-order valence-corrected chi connectivity index (χ3v) is 5.33. The second kappa shape index (κ2) is 10.2. The van der Waals surface area contributed by atoms with Crippen LogP contribution < -0.4 is 21.3 Å². The van der Waals surface area contributed by atoms with Crippen molar-refractivity contribution in [2.75, 3.05) is 11.9 Å². The van der Waals surface area contributed by atoms with E-state index in [-0.39, 0.29) is 30.1 Å². The van der Waals surface area contributed by atoms with E-state index in [1.807, 2.05) is 13.0 Å². The number of fused-ring (bicyclic) bond motifs is 1. The second-order valence-electron chi connectivity index (χ2n) is 7.06. The molecule has 32 heavy (non-hydrogen) atoms. The Hall–Kier alpha value is -3.57. The molecule has 3 aromatic rings. The number of hydrogen-bond acceptors (Lipinski definition) is 5. The van der Waals surface area contributed by atoms with Gasteiger partial charge in [-0.3, -0.25) is 18.7 Å². The molecule has 0 atom stereocenters. The van der Waals surface area contributed by atoms with Crippen LogP contribution >= 0.6 is 11.6 Å². The Labute approximate surface area is 189 Å². The molecule has 1 amide bonds. The van der Waals surface area contributed by atoms with Crippen LogP contribution in [0.1, 0.15) is 32.3 Å². The maximum atomic E-state index is 12.7. The predicted octanol–water partition coefficient (Wildman–Crippen LogP) is 3.53. The van der Waals surface area contributed by atoms with E-state index in [1.54, 1.807) is 47.9 Å². The summed E-state index contributed by atoms with van der Waals surface area (Å²) in [6.45, 7) is 4.60. The van der Waals surface area contributed by atoms with Crippen LogP contribution in [0.4, 0.5) is 5.69 Å². The highest BCUT2D eigenvalue weighted by Crippen LogP contribution is 2.22. The number of aromatic nitrogens is 2. The topological polar surface area (TPSA) is 106 Å². The van der Waals surface area contributed by atoms with Crippen LogP contribution in [0.15, 0.2) is 46.0 Å². The van der Waals surface area contributed by atoms with Crippen molar-refractivity contribution in [3.05, 3.63) is 67.8 Å². The smallest absolute Gasteiger partial charge is 0.331 e. The fourth-order valence-electron chi connectivity index (χ4n) is 3.41. The molecule has 0 unspecified atom stereocenters. The van der Waals surface area contributed by atoms with Gasteiger partial charge in [0.25, 0.3) is 5.56 Å². The summed E-state index contributed by atoms with van der Waals surface area (Å²) >= 11 is 5.97. The Bertz CT molecular complexity index is 1320. The molecule has 2 aromatic carbocycles. The summed E-state index contributed by atoms with van der Waals surface area (Å²) < 4.78 is 8.30. The van der Waals surface area contributed by atoms with Gasteiger partial charge in [-0.2, -0.15) is 5.26 Å². The van der Waals surface area contributed by atoms with Crippen molar-refractivity contribution in [1.82, 2.24) is 9.13 Å². The van der Waals surface area contributed by atoms with Gasteiger partial charge in [0.2, 0.25) is 5.91 Å². The minimum atomic E-state index is -0.372. The third kappa shape index (κ3) is 4.84. The number of halogens is 1. The van der Waals surface area contributed by atoms with Crippen molar-refractivity contribution in [3.63, 3.8) is 0 Å². The number of carbonyl (C=O) groups excluding carboxylic acids is 1. The van der Waals surface area contributed by atoms with Crippen LogP contribution in [0.3, 0.4) is 0 Å². The van der Waals surface area contributed by atoms with Gasteiger partial charge in [-0.05, 0) is 50.6 Å². The molecule has 0 aliphatic heterocycles. The third-order valence-electron chi connectivity index (χ3n) is 5.02. The maximum Gasteiger partial charge on any atom is 0.331 e. The van der Waals surface area contributed by atoms with Crippen molar-refractivity contribution in [2.45, 2.75) is 39.8 Å². The van der Waals surface area contributed by atoms with Gasteiger partial charge in [0, 0.05) is 31.3 Å². The van der Waals surface area contributed by atoms with E-state index in [9.17, 15) is 14.4 Å². The molecule has 3 rings (SSSR count). The largest absolute Gasteiger partial charge is 0.494 e. The van der Waals surface area contributed by atoms with Crippen LogP contribution in [0.25, 0.3) is 10.9 Å². The number of nitriles is 1. The van der Waals surface area contributed by atoms with Gasteiger partial charge in [0.05, 0.1) is 28.1 Å². The molecule has 0 saturated carbocycles. The molecule has 0 radical (unpaired) electrons. The van der Waals surface area contributed by atoms with Crippen LogP contribution in [-0.4, -0.2) is 21.6 Å². The summed E-state index contributed by atoms with van der Waals surface area (Å²) in [6, 6.07) is 11.7. The minimum Gasteiger partial charge on any atom is -0.494 e. The van der Waals surface area contributed by atoms with Gasteiger partial charge in [0.1, 0.15) is 11.8 Å². The Morgan fingerprint density at radius 2 is 1.88 bits per heavy atom. The fourth-order valence-corrected chi connectivity index (χ4v) is 3.62. The first-order chi connectivity index (χ1) is 15.4. The van der Waals surface area contributed by atoms with E-state index < -0.39 is 0 Å². The molecule has 9 heteroatoms. The van der Waals surface area contributed by atoms with Gasteiger partial charge >= 0.3 is 5.69 Å². The first-order valence-electron chi connectivity index (χ1n) is 10.3. The normalized spacial score (nSPS) is 10.7. The Morgan fingerprint density at radius 1 is 1.12 bits per heavy atom. The number of nitrogens with one attached hydrogen (secondary N) is 1. The highest BCUT2D eigenvalue weighted by Gasteiger charge is 2.12. The number of nitrogens with zero attached hydrogens (tertiary/aromatic N) is 3. The van der Waals surface area contributed by atoms with E-state index in [4.69, 9.17) is 21.6 Å². The quantitative estimate of drug-likeness (QED) is 0.524. The lowest BCUT2D eigenvalue weighted by atomic mass is 10.2. The first kappa shape index (κ1) is 23.1. The molecular weight excluding hydrogens is 432 g/mol. The molecule has 166 valence electrons. The molecule has 1 heterocycles. The number of anilines is 1. The molecule has 0 aliphatic carbocycles. The minimum absolute atomic E-state index is 0.217. The highest BCUT2D eigenvalue weighted by atomic mass is 35.5. The van der Waals surface area contributed by atoms with E-state index in [2.05, 4.69) is 5.32 Å². The van der Waals surface area contributed by atoms with Gasteiger partial charge in [-0.25, -0.2) is 4.79 Å². The van der Waals surface area contributed by atoms with Crippen LogP contribution in [0, 0.1) is 11.3 Å². The summed E-state index contributed by atoms with van der Waals surface area (Å²) in [5.41, 5.74) is 0.689. The van der Waals surface area contributed by atoms with E-state index >= 15 is 0 Å². The molecule has 0 aliphatic rings. The summed E-state index contributed by atoms with van der Waals surface area (Å²) in [5, 5.41) is 12.4. The summed E-state index contributed by atoms with van der Waals surface area (Å²) in [7, 11) is 0. The number of amides is 1. The number of hydrogen-bond donors (Lipinski definition) is 1. The molecule has 1 aromatic heterocycles. The van der Waals surface area contributed by atoms with E-state index in [1.165, 1.54) is 4.57 Å². The van der Waals surface area contributed by atoms with Crippen molar-refractivity contribution in [3.8, 4) is 11.8 Å². The molecular formula is C23H23ClN4O4. The van der Waals surface area contributed by atoms with Crippen LogP contribution in [0.5, 0.6) is 5.75 Å². The lowest BCUT2D eigenvalue weighted by Gasteiger charge is -2.13. The van der Waals surface area contributed by atoms with Gasteiger partial charge < -0.3 is 10.1 Å². The molecule has 0 bridgehead atoms. The number of benzene rings is 2. The average Bonchev–Trinajstić information content (AvgIpc) is 2.78. The molecule has 1 N–H and O–H groups in total. The molecule has 0 fully saturated rings. The van der Waals surface area contributed by atoms with Crippen molar-refractivity contribution < 1.29 is 9.53 Å². The van der Waals surface area contributed by atoms with Crippen molar-refractivity contribution >= 4 is 34.1 Å². The summed E-state index contributed by atoms with van der Waals surface area (Å²) in [6.07, 6.45) is 0.685. The Balaban J connectivity index is 1.64.